The van der Waals surface area contributed by atoms with E-state index in [2.05, 4.69) is 15.2 Å². The van der Waals surface area contributed by atoms with Crippen LogP contribution in [0.25, 0.3) is 0 Å². The quantitative estimate of drug-likeness (QED) is 0.113. The van der Waals surface area contributed by atoms with Gasteiger partial charge in [-0.25, -0.2) is 18.6 Å². The zero-order valence-corrected chi connectivity index (χ0v) is 23.4. The average Bonchev–Trinajstić information content (AvgIpc) is 2.98. The first-order chi connectivity index (χ1) is 19.7. The summed E-state index contributed by atoms with van der Waals surface area (Å²) in [6.45, 7) is 0. The summed E-state index contributed by atoms with van der Waals surface area (Å²) in [6.07, 6.45) is 1.39. The van der Waals surface area contributed by atoms with Crippen LogP contribution in [0.1, 0.15) is 26.3 Å². The van der Waals surface area contributed by atoms with Crippen LogP contribution < -0.4 is 24.4 Å². The summed E-state index contributed by atoms with van der Waals surface area (Å²) >= 11 is 5.82. The lowest BCUT2D eigenvalue weighted by atomic mass is 10.2. The molecule has 0 aliphatic carbocycles. The second-order valence-electron chi connectivity index (χ2n) is 8.36. The Morgan fingerprint density at radius 3 is 2.10 bits per heavy atom. The van der Waals surface area contributed by atoms with Crippen molar-refractivity contribution < 1.29 is 32.2 Å². The maximum atomic E-state index is 12.5. The summed E-state index contributed by atoms with van der Waals surface area (Å²) in [5.74, 6) is 0.0402. The van der Waals surface area contributed by atoms with E-state index in [1.54, 1.807) is 42.5 Å². The van der Waals surface area contributed by atoms with Crippen LogP contribution in [0.2, 0.25) is 5.02 Å². The van der Waals surface area contributed by atoms with Crippen molar-refractivity contribution in [1.82, 2.24) is 5.43 Å². The number of nitrogens with zero attached hydrogens (tertiary/aromatic N) is 1. The first kappa shape index (κ1) is 29.1. The molecule has 0 saturated heterocycles. The molecule has 12 heteroatoms. The third-order valence-corrected chi connectivity index (χ3v) is 7.27. The van der Waals surface area contributed by atoms with Gasteiger partial charge in [0.2, 0.25) is 0 Å². The smallest absolute Gasteiger partial charge is 0.343 e. The molecule has 0 aliphatic heterocycles. The van der Waals surface area contributed by atoms with E-state index in [0.717, 1.165) is 0 Å². The van der Waals surface area contributed by atoms with Crippen LogP contribution in [-0.4, -0.2) is 40.7 Å². The number of rotatable bonds is 10. The van der Waals surface area contributed by atoms with Crippen LogP contribution in [0.4, 0.5) is 5.69 Å². The van der Waals surface area contributed by atoms with E-state index in [4.69, 9.17) is 25.8 Å². The topological polar surface area (TPSA) is 132 Å². The van der Waals surface area contributed by atoms with E-state index in [0.29, 0.717) is 27.6 Å². The number of hydrogen-bond acceptors (Lipinski definition) is 8. The molecule has 0 spiro atoms. The number of ether oxygens (including phenoxy) is 3. The zero-order valence-electron chi connectivity index (χ0n) is 21.8. The highest BCUT2D eigenvalue weighted by atomic mass is 35.5. The van der Waals surface area contributed by atoms with E-state index in [1.165, 1.54) is 69.0 Å². The van der Waals surface area contributed by atoms with Gasteiger partial charge in [0.05, 0.1) is 30.9 Å². The highest BCUT2D eigenvalue weighted by Crippen LogP contribution is 2.28. The van der Waals surface area contributed by atoms with E-state index >= 15 is 0 Å². The summed E-state index contributed by atoms with van der Waals surface area (Å²) < 4.78 is 43.4. The van der Waals surface area contributed by atoms with Gasteiger partial charge in [-0.3, -0.25) is 9.52 Å². The lowest BCUT2D eigenvalue weighted by molar-refractivity contribution is 0.0729. The molecule has 0 aromatic heterocycles. The predicted octanol–water partition coefficient (Wildman–Crippen LogP) is 5.14. The van der Waals surface area contributed by atoms with E-state index in [-0.39, 0.29) is 21.9 Å². The van der Waals surface area contributed by atoms with Crippen LogP contribution in [0.5, 0.6) is 17.2 Å². The highest BCUT2D eigenvalue weighted by molar-refractivity contribution is 7.92. The van der Waals surface area contributed by atoms with Crippen LogP contribution in [-0.2, 0) is 10.0 Å². The Morgan fingerprint density at radius 2 is 1.46 bits per heavy atom. The summed E-state index contributed by atoms with van der Waals surface area (Å²) in [7, 11) is -0.850. The minimum Gasteiger partial charge on any atom is -0.497 e. The SMILES string of the molecule is COc1ccc(C(=O)Oc2ccc(C=NNC(=O)c3ccc(NS(=O)(=O)c4ccc(Cl)cc4)cc3)cc2OC)cc1. The number of sulfonamides is 1. The highest BCUT2D eigenvalue weighted by Gasteiger charge is 2.15. The molecule has 2 N–H and O–H groups in total. The second-order valence-corrected chi connectivity index (χ2v) is 10.5. The molecule has 0 saturated carbocycles. The Morgan fingerprint density at radius 1 is 0.805 bits per heavy atom. The van der Waals surface area contributed by atoms with Crippen molar-refractivity contribution in [1.29, 1.82) is 0 Å². The molecular formula is C29H24ClN3O7S. The summed E-state index contributed by atoms with van der Waals surface area (Å²) in [6, 6.07) is 22.8. The molecule has 1 amide bonds. The van der Waals surface area contributed by atoms with Gasteiger partial charge < -0.3 is 14.2 Å². The number of hydrogen-bond donors (Lipinski definition) is 2. The summed E-state index contributed by atoms with van der Waals surface area (Å²) in [4.78, 5) is 25.0. The maximum Gasteiger partial charge on any atom is 0.343 e. The number of hydrazone groups is 1. The molecule has 0 atom stereocenters. The fraction of sp³-hybridized carbons (Fsp3) is 0.0690. The van der Waals surface area contributed by atoms with Crippen molar-refractivity contribution >= 4 is 45.4 Å². The number of amides is 1. The fourth-order valence-corrected chi connectivity index (χ4v) is 4.67. The third-order valence-electron chi connectivity index (χ3n) is 5.62. The molecule has 0 aliphatic rings. The van der Waals surface area contributed by atoms with Crippen LogP contribution >= 0.6 is 11.6 Å². The monoisotopic (exact) mass is 593 g/mol. The minimum atomic E-state index is -3.82. The van der Waals surface area contributed by atoms with Crippen molar-refractivity contribution in [3.8, 4) is 17.2 Å². The lowest BCUT2D eigenvalue weighted by Crippen LogP contribution is -2.18. The van der Waals surface area contributed by atoms with Gasteiger partial charge in [0.1, 0.15) is 5.75 Å². The fourth-order valence-electron chi connectivity index (χ4n) is 3.48. The zero-order chi connectivity index (χ0) is 29.4. The Hall–Kier alpha value is -4.87. The second kappa shape index (κ2) is 13.0. The molecule has 4 rings (SSSR count). The third kappa shape index (κ3) is 7.62. The van der Waals surface area contributed by atoms with Gasteiger partial charge in [-0.1, -0.05) is 11.6 Å². The normalized spacial score (nSPS) is 11.1. The molecular weight excluding hydrogens is 570 g/mol. The van der Waals surface area contributed by atoms with Crippen molar-refractivity contribution in [2.45, 2.75) is 4.90 Å². The molecule has 10 nitrogen and oxygen atoms in total. The van der Waals surface area contributed by atoms with E-state index in [9.17, 15) is 18.0 Å². The van der Waals surface area contributed by atoms with Crippen LogP contribution in [0.3, 0.4) is 0 Å². The Bertz CT molecular complexity index is 1670. The molecule has 0 unspecified atom stereocenters. The summed E-state index contributed by atoms with van der Waals surface area (Å²) in [5.41, 5.74) is 3.85. The number of esters is 1. The van der Waals surface area contributed by atoms with Gasteiger partial charge in [-0.05, 0) is 96.6 Å². The molecule has 41 heavy (non-hydrogen) atoms. The summed E-state index contributed by atoms with van der Waals surface area (Å²) in [5, 5.41) is 4.38. The van der Waals surface area contributed by atoms with Gasteiger partial charge in [-0.2, -0.15) is 5.10 Å². The first-order valence-corrected chi connectivity index (χ1v) is 13.8. The van der Waals surface area contributed by atoms with Gasteiger partial charge >= 0.3 is 5.97 Å². The standard InChI is InChI=1S/C29H24ClN3O7S/c1-38-24-12-6-21(7-13-24)29(35)40-26-16-3-19(17-27(26)39-2)18-31-32-28(34)20-4-10-23(11-5-20)33-41(36,37)25-14-8-22(30)9-15-25/h3-18,33H,1-2H3,(H,32,34). The van der Waals surface area contributed by atoms with Crippen molar-refractivity contribution in [3.05, 3.63) is 113 Å². The molecule has 210 valence electrons. The molecule has 0 fully saturated rings. The Balaban J connectivity index is 1.35. The average molecular weight is 594 g/mol. The van der Waals surface area contributed by atoms with Crippen LogP contribution in [0, 0.1) is 0 Å². The number of benzene rings is 4. The minimum absolute atomic E-state index is 0.0538. The number of halogens is 1. The van der Waals surface area contributed by atoms with E-state index in [1.807, 2.05) is 0 Å². The lowest BCUT2D eigenvalue weighted by Gasteiger charge is -2.10. The predicted molar refractivity (Wildman–Crippen MR) is 155 cm³/mol. The van der Waals surface area contributed by atoms with Gasteiger partial charge in [0, 0.05) is 16.3 Å². The number of methoxy groups -OCH3 is 2. The first-order valence-electron chi connectivity index (χ1n) is 11.9. The molecule has 0 bridgehead atoms. The number of anilines is 1. The molecule has 0 heterocycles. The van der Waals surface area contributed by atoms with Gasteiger partial charge in [0.15, 0.2) is 11.5 Å². The molecule has 0 radical (unpaired) electrons. The Kier molecular flexibility index (Phi) is 9.23. The number of carbonyl (C=O) groups is 2. The molecule has 4 aromatic rings. The maximum absolute atomic E-state index is 12.5. The number of nitrogens with one attached hydrogen (secondary N) is 2. The number of carbonyl (C=O) groups excluding carboxylic acids is 2. The van der Waals surface area contributed by atoms with Gasteiger partial charge in [-0.15, -0.1) is 0 Å². The van der Waals surface area contributed by atoms with Gasteiger partial charge in [0.25, 0.3) is 15.9 Å². The largest absolute Gasteiger partial charge is 0.497 e. The van der Waals surface area contributed by atoms with Crippen molar-refractivity contribution in [3.63, 3.8) is 0 Å². The van der Waals surface area contributed by atoms with Crippen molar-refractivity contribution in [2.24, 2.45) is 5.10 Å². The Labute approximate surface area is 241 Å². The molecule has 4 aromatic carbocycles. The van der Waals surface area contributed by atoms with Crippen molar-refractivity contribution in [2.75, 3.05) is 18.9 Å². The van der Waals surface area contributed by atoms with Crippen LogP contribution in [0.15, 0.2) is 101 Å². The van der Waals surface area contributed by atoms with E-state index < -0.39 is 21.9 Å².